The lowest BCUT2D eigenvalue weighted by Gasteiger charge is -2.26. The van der Waals surface area contributed by atoms with Crippen molar-refractivity contribution in [3.63, 3.8) is 0 Å². The van der Waals surface area contributed by atoms with E-state index in [0.717, 1.165) is 0 Å². The zero-order valence-electron chi connectivity index (χ0n) is 8.46. The second kappa shape index (κ2) is 4.92. The zero-order valence-corrected chi connectivity index (χ0v) is 9.97. The quantitative estimate of drug-likeness (QED) is 0.853. The van der Waals surface area contributed by atoms with E-state index in [1.165, 1.54) is 0 Å². The Balaban J connectivity index is 2.88. The summed E-state index contributed by atoms with van der Waals surface area (Å²) in [7, 11) is 0. The summed E-state index contributed by atoms with van der Waals surface area (Å²) in [6.07, 6.45) is 0.713. The van der Waals surface area contributed by atoms with Crippen LogP contribution in [0.25, 0.3) is 0 Å². The van der Waals surface area contributed by atoms with Crippen LogP contribution < -0.4 is 5.32 Å². The lowest BCUT2D eigenvalue weighted by molar-refractivity contribution is 0.218. The molecule has 0 aromatic carbocycles. The van der Waals surface area contributed by atoms with Gasteiger partial charge in [0, 0.05) is 0 Å². The first kappa shape index (κ1) is 12.4. The minimum atomic E-state index is -0.492. The fourth-order valence-electron chi connectivity index (χ4n) is 0.891. The molecule has 0 aliphatic heterocycles. The van der Waals surface area contributed by atoms with Gasteiger partial charge in [-0.1, -0.05) is 6.92 Å². The van der Waals surface area contributed by atoms with Crippen LogP contribution in [-0.4, -0.2) is 32.2 Å². The van der Waals surface area contributed by atoms with E-state index in [-0.39, 0.29) is 23.1 Å². The van der Waals surface area contributed by atoms with E-state index in [9.17, 15) is 5.11 Å². The molecule has 1 atom stereocenters. The van der Waals surface area contributed by atoms with Crippen molar-refractivity contribution in [2.45, 2.75) is 25.8 Å². The number of halogens is 2. The molecule has 0 radical (unpaired) electrons. The van der Waals surface area contributed by atoms with Crippen molar-refractivity contribution in [1.29, 1.82) is 0 Å². The highest BCUT2D eigenvalue weighted by Gasteiger charge is 2.22. The summed E-state index contributed by atoms with van der Waals surface area (Å²) in [5.74, 6) is 0.262. The number of aliphatic hydroxyl groups is 1. The van der Waals surface area contributed by atoms with Crippen molar-refractivity contribution in [2.24, 2.45) is 0 Å². The molecule has 2 N–H and O–H groups in total. The Morgan fingerprint density at radius 3 is 2.20 bits per heavy atom. The van der Waals surface area contributed by atoms with Crippen LogP contribution in [-0.2, 0) is 0 Å². The summed E-state index contributed by atoms with van der Waals surface area (Å²) in [4.78, 5) is 11.3. The van der Waals surface area contributed by atoms with Gasteiger partial charge in [0.2, 0.25) is 16.5 Å². The lowest BCUT2D eigenvalue weighted by Crippen LogP contribution is -2.38. The van der Waals surface area contributed by atoms with E-state index in [1.807, 2.05) is 13.8 Å². The summed E-state index contributed by atoms with van der Waals surface area (Å²) in [6.45, 7) is 3.75. The molecule has 1 rings (SSSR count). The van der Waals surface area contributed by atoms with Crippen molar-refractivity contribution >= 4 is 29.2 Å². The first-order valence-electron chi connectivity index (χ1n) is 4.45. The molecule has 1 heterocycles. The number of hydrogen-bond acceptors (Lipinski definition) is 5. The monoisotopic (exact) mass is 250 g/mol. The Morgan fingerprint density at radius 1 is 1.27 bits per heavy atom. The first-order valence-corrected chi connectivity index (χ1v) is 5.21. The van der Waals surface area contributed by atoms with Crippen molar-refractivity contribution in [1.82, 2.24) is 15.0 Å². The molecule has 0 saturated carbocycles. The Labute approximate surface area is 97.9 Å². The maximum absolute atomic E-state index is 9.19. The van der Waals surface area contributed by atoms with Gasteiger partial charge in [-0.2, -0.15) is 15.0 Å². The van der Waals surface area contributed by atoms with Gasteiger partial charge >= 0.3 is 0 Å². The third-order valence-electron chi connectivity index (χ3n) is 2.12. The number of anilines is 1. The van der Waals surface area contributed by atoms with Crippen LogP contribution in [0, 0.1) is 0 Å². The van der Waals surface area contributed by atoms with E-state index < -0.39 is 5.54 Å². The van der Waals surface area contributed by atoms with Gasteiger partial charge in [0.25, 0.3) is 0 Å². The van der Waals surface area contributed by atoms with E-state index in [0.29, 0.717) is 6.42 Å². The van der Waals surface area contributed by atoms with Crippen molar-refractivity contribution < 1.29 is 5.11 Å². The summed E-state index contributed by atoms with van der Waals surface area (Å²) in [6, 6.07) is 0. The van der Waals surface area contributed by atoms with Gasteiger partial charge in [0.1, 0.15) is 0 Å². The highest BCUT2D eigenvalue weighted by Crippen LogP contribution is 2.17. The predicted molar refractivity (Wildman–Crippen MR) is 59.3 cm³/mol. The van der Waals surface area contributed by atoms with Crippen LogP contribution >= 0.6 is 23.2 Å². The molecule has 15 heavy (non-hydrogen) atoms. The Morgan fingerprint density at radius 2 is 1.80 bits per heavy atom. The van der Waals surface area contributed by atoms with E-state index in [1.54, 1.807) is 0 Å². The number of aliphatic hydroxyl groups excluding tert-OH is 1. The van der Waals surface area contributed by atoms with Crippen LogP contribution in [0.4, 0.5) is 5.95 Å². The number of nitrogens with zero attached hydrogens (tertiary/aromatic N) is 3. The highest BCUT2D eigenvalue weighted by atomic mass is 35.5. The van der Waals surface area contributed by atoms with E-state index >= 15 is 0 Å². The summed E-state index contributed by atoms with van der Waals surface area (Å²) in [5, 5.41) is 12.2. The summed E-state index contributed by atoms with van der Waals surface area (Å²) in [5.41, 5.74) is -0.492. The Hall–Kier alpha value is -0.650. The third kappa shape index (κ3) is 3.44. The van der Waals surface area contributed by atoms with Gasteiger partial charge in [-0.25, -0.2) is 0 Å². The average Bonchev–Trinajstić information content (AvgIpc) is 2.16. The molecular formula is C8H12Cl2N4O. The van der Waals surface area contributed by atoms with Crippen LogP contribution in [0.3, 0.4) is 0 Å². The summed E-state index contributed by atoms with van der Waals surface area (Å²) < 4.78 is 0. The summed E-state index contributed by atoms with van der Waals surface area (Å²) >= 11 is 11.2. The van der Waals surface area contributed by atoms with Crippen LogP contribution in [0.5, 0.6) is 0 Å². The molecule has 84 valence electrons. The maximum Gasteiger partial charge on any atom is 0.228 e. The third-order valence-corrected chi connectivity index (χ3v) is 2.46. The topological polar surface area (TPSA) is 70.9 Å². The lowest BCUT2D eigenvalue weighted by atomic mass is 10.0. The number of aromatic nitrogens is 3. The number of rotatable bonds is 4. The van der Waals surface area contributed by atoms with Gasteiger partial charge in [0.05, 0.1) is 12.1 Å². The SMILES string of the molecule is CCC(C)(CO)Nc1nc(Cl)nc(Cl)n1. The second-order valence-electron chi connectivity index (χ2n) is 3.39. The minimum Gasteiger partial charge on any atom is -0.394 e. The fourth-order valence-corrected chi connectivity index (χ4v) is 1.25. The second-order valence-corrected chi connectivity index (χ2v) is 4.07. The van der Waals surface area contributed by atoms with Gasteiger partial charge < -0.3 is 10.4 Å². The molecule has 0 bridgehead atoms. The van der Waals surface area contributed by atoms with Crippen LogP contribution in [0.1, 0.15) is 20.3 Å². The van der Waals surface area contributed by atoms with Crippen LogP contribution in [0.15, 0.2) is 0 Å². The van der Waals surface area contributed by atoms with Crippen molar-refractivity contribution in [2.75, 3.05) is 11.9 Å². The van der Waals surface area contributed by atoms with E-state index in [4.69, 9.17) is 23.2 Å². The van der Waals surface area contributed by atoms with Gasteiger partial charge in [-0.05, 0) is 36.5 Å². The Bertz CT molecular complexity index is 323. The highest BCUT2D eigenvalue weighted by molar-refractivity contribution is 6.31. The van der Waals surface area contributed by atoms with Crippen molar-refractivity contribution in [3.8, 4) is 0 Å². The zero-order chi connectivity index (χ0) is 11.5. The molecule has 7 heteroatoms. The number of nitrogens with one attached hydrogen (secondary N) is 1. The van der Waals surface area contributed by atoms with Crippen LogP contribution in [0.2, 0.25) is 10.6 Å². The minimum absolute atomic E-state index is 0.0221. The predicted octanol–water partition coefficient (Wildman–Crippen LogP) is 1.75. The molecule has 1 aromatic rings. The standard InChI is InChI=1S/C8H12Cl2N4O/c1-3-8(2,4-15)14-7-12-5(9)11-6(10)13-7/h15H,3-4H2,1-2H3,(H,11,12,13,14). The van der Waals surface area contributed by atoms with Crippen molar-refractivity contribution in [3.05, 3.63) is 10.6 Å². The fraction of sp³-hybridized carbons (Fsp3) is 0.625. The molecule has 0 amide bonds. The number of hydrogen-bond donors (Lipinski definition) is 2. The molecule has 0 aliphatic rings. The molecule has 1 unspecified atom stereocenters. The smallest absolute Gasteiger partial charge is 0.228 e. The largest absolute Gasteiger partial charge is 0.394 e. The van der Waals surface area contributed by atoms with E-state index in [2.05, 4.69) is 20.3 Å². The van der Waals surface area contributed by atoms with Gasteiger partial charge in [0.15, 0.2) is 0 Å². The maximum atomic E-state index is 9.19. The van der Waals surface area contributed by atoms with Gasteiger partial charge in [-0.15, -0.1) is 0 Å². The molecule has 1 aromatic heterocycles. The molecule has 0 spiro atoms. The normalized spacial score (nSPS) is 14.7. The molecule has 0 aliphatic carbocycles. The average molecular weight is 251 g/mol. The molecule has 0 saturated heterocycles. The molecule has 5 nitrogen and oxygen atoms in total. The van der Waals surface area contributed by atoms with Gasteiger partial charge in [-0.3, -0.25) is 0 Å². The molecule has 0 fully saturated rings. The first-order chi connectivity index (χ1) is 6.99. The Kier molecular flexibility index (Phi) is 4.07. The molecular weight excluding hydrogens is 239 g/mol.